The van der Waals surface area contributed by atoms with Crippen LogP contribution in [-0.2, 0) is 13.0 Å². The van der Waals surface area contributed by atoms with Crippen molar-refractivity contribution in [3.63, 3.8) is 0 Å². The van der Waals surface area contributed by atoms with Gasteiger partial charge in [0.2, 0.25) is 11.8 Å². The Kier molecular flexibility index (Phi) is 3.08. The van der Waals surface area contributed by atoms with E-state index in [9.17, 15) is 0 Å². The summed E-state index contributed by atoms with van der Waals surface area (Å²) in [6.07, 6.45) is 0.726. The molecule has 0 aliphatic carbocycles. The first kappa shape index (κ1) is 11.6. The van der Waals surface area contributed by atoms with Gasteiger partial charge in [0.05, 0.1) is 5.69 Å². The van der Waals surface area contributed by atoms with Crippen molar-refractivity contribution in [2.75, 3.05) is 5.73 Å². The first-order valence-electron chi connectivity index (χ1n) is 5.62. The van der Waals surface area contributed by atoms with E-state index < -0.39 is 0 Å². The SMILES string of the molecule is CCc1nnc(Cn2nnc(N)c2C(C)C)o1. The second kappa shape index (κ2) is 4.52. The minimum atomic E-state index is 0.249. The highest BCUT2D eigenvalue weighted by Crippen LogP contribution is 2.19. The van der Waals surface area contributed by atoms with Gasteiger partial charge in [0.1, 0.15) is 6.54 Å². The van der Waals surface area contributed by atoms with E-state index in [0.717, 1.165) is 12.1 Å². The third-order valence-electron chi connectivity index (χ3n) is 2.44. The van der Waals surface area contributed by atoms with Crippen LogP contribution in [0.1, 0.15) is 44.2 Å². The topological polar surface area (TPSA) is 95.7 Å². The van der Waals surface area contributed by atoms with Crippen LogP contribution in [0, 0.1) is 0 Å². The minimum Gasteiger partial charge on any atom is -0.423 e. The number of nitrogen functional groups attached to an aromatic ring is 1. The number of anilines is 1. The molecule has 92 valence electrons. The van der Waals surface area contributed by atoms with E-state index >= 15 is 0 Å². The van der Waals surface area contributed by atoms with Crippen molar-refractivity contribution in [3.8, 4) is 0 Å². The van der Waals surface area contributed by atoms with Crippen LogP contribution in [0.25, 0.3) is 0 Å². The average Bonchev–Trinajstić information content (AvgIpc) is 2.86. The zero-order valence-electron chi connectivity index (χ0n) is 10.2. The van der Waals surface area contributed by atoms with Gasteiger partial charge in [-0.3, -0.25) is 0 Å². The molecule has 2 rings (SSSR count). The zero-order chi connectivity index (χ0) is 12.4. The van der Waals surface area contributed by atoms with Crippen LogP contribution in [0.4, 0.5) is 5.82 Å². The average molecular weight is 236 g/mol. The Bertz CT molecular complexity index is 501. The number of nitrogens with two attached hydrogens (primary N) is 1. The molecular formula is C10H16N6O. The molecule has 0 fully saturated rings. The third-order valence-corrected chi connectivity index (χ3v) is 2.44. The van der Waals surface area contributed by atoms with E-state index in [-0.39, 0.29) is 5.92 Å². The van der Waals surface area contributed by atoms with Crippen LogP contribution in [0.3, 0.4) is 0 Å². The lowest BCUT2D eigenvalue weighted by atomic mass is 10.1. The molecule has 0 amide bonds. The molecule has 0 spiro atoms. The molecule has 0 saturated carbocycles. The summed E-state index contributed by atoms with van der Waals surface area (Å²) in [6.45, 7) is 6.45. The van der Waals surface area contributed by atoms with E-state index in [0.29, 0.717) is 24.1 Å². The number of rotatable bonds is 4. The van der Waals surface area contributed by atoms with Crippen LogP contribution in [0.2, 0.25) is 0 Å². The standard InChI is InChI=1S/C10H16N6O/c1-4-7-12-13-8(17-7)5-16-9(6(2)3)10(11)14-15-16/h6H,4-5,11H2,1-3H3. The molecule has 7 heteroatoms. The maximum Gasteiger partial charge on any atom is 0.238 e. The molecule has 0 atom stereocenters. The molecule has 2 heterocycles. The summed E-state index contributed by atoms with van der Waals surface area (Å²) in [7, 11) is 0. The van der Waals surface area contributed by atoms with Gasteiger partial charge in [-0.2, -0.15) is 0 Å². The fourth-order valence-electron chi connectivity index (χ4n) is 1.67. The minimum absolute atomic E-state index is 0.249. The summed E-state index contributed by atoms with van der Waals surface area (Å²) >= 11 is 0. The second-order valence-corrected chi connectivity index (χ2v) is 4.12. The molecule has 2 aromatic heterocycles. The molecule has 0 aliphatic rings. The van der Waals surface area contributed by atoms with Crippen molar-refractivity contribution >= 4 is 5.82 Å². The molecular weight excluding hydrogens is 220 g/mol. The van der Waals surface area contributed by atoms with E-state index in [2.05, 4.69) is 20.5 Å². The predicted octanol–water partition coefficient (Wildman–Crippen LogP) is 0.977. The van der Waals surface area contributed by atoms with E-state index in [1.54, 1.807) is 4.68 Å². The lowest BCUT2D eigenvalue weighted by Gasteiger charge is -2.07. The summed E-state index contributed by atoms with van der Waals surface area (Å²) in [6, 6.07) is 0. The Hall–Kier alpha value is -1.92. The second-order valence-electron chi connectivity index (χ2n) is 4.12. The summed E-state index contributed by atoms with van der Waals surface area (Å²) in [4.78, 5) is 0. The van der Waals surface area contributed by atoms with Crippen molar-refractivity contribution < 1.29 is 4.42 Å². The Labute approximate surface area is 99.0 Å². The quantitative estimate of drug-likeness (QED) is 0.850. The number of nitrogens with zero attached hydrogens (tertiary/aromatic N) is 5. The largest absolute Gasteiger partial charge is 0.423 e. The highest BCUT2D eigenvalue weighted by Gasteiger charge is 2.16. The fraction of sp³-hybridized carbons (Fsp3) is 0.600. The molecule has 0 aromatic carbocycles. The zero-order valence-corrected chi connectivity index (χ0v) is 10.2. The smallest absolute Gasteiger partial charge is 0.238 e. The molecule has 0 unspecified atom stereocenters. The molecule has 0 bridgehead atoms. The Morgan fingerprint density at radius 2 is 1.94 bits per heavy atom. The van der Waals surface area contributed by atoms with Crippen molar-refractivity contribution in [2.45, 2.75) is 39.7 Å². The monoisotopic (exact) mass is 236 g/mol. The fourth-order valence-corrected chi connectivity index (χ4v) is 1.67. The lowest BCUT2D eigenvalue weighted by molar-refractivity contribution is 0.425. The highest BCUT2D eigenvalue weighted by atomic mass is 16.4. The Morgan fingerprint density at radius 1 is 1.24 bits per heavy atom. The number of hydrogen-bond donors (Lipinski definition) is 1. The highest BCUT2D eigenvalue weighted by molar-refractivity contribution is 5.35. The van der Waals surface area contributed by atoms with E-state index in [1.165, 1.54) is 0 Å². The number of hydrogen-bond acceptors (Lipinski definition) is 6. The molecule has 2 N–H and O–H groups in total. The van der Waals surface area contributed by atoms with Gasteiger partial charge in [-0.05, 0) is 5.92 Å². The molecule has 7 nitrogen and oxygen atoms in total. The van der Waals surface area contributed by atoms with Gasteiger partial charge in [0, 0.05) is 6.42 Å². The van der Waals surface area contributed by atoms with E-state index in [4.69, 9.17) is 10.2 Å². The van der Waals surface area contributed by atoms with Crippen molar-refractivity contribution in [1.82, 2.24) is 25.2 Å². The maximum atomic E-state index is 5.77. The van der Waals surface area contributed by atoms with Gasteiger partial charge >= 0.3 is 0 Å². The first-order valence-corrected chi connectivity index (χ1v) is 5.62. The lowest BCUT2D eigenvalue weighted by Crippen LogP contribution is -2.09. The Morgan fingerprint density at radius 3 is 2.53 bits per heavy atom. The summed E-state index contributed by atoms with van der Waals surface area (Å²) < 4.78 is 7.13. The van der Waals surface area contributed by atoms with Gasteiger partial charge < -0.3 is 10.2 Å². The van der Waals surface area contributed by atoms with Gasteiger partial charge in [-0.15, -0.1) is 15.3 Å². The number of aryl methyl sites for hydroxylation is 1. The molecule has 0 saturated heterocycles. The Balaban J connectivity index is 2.23. The van der Waals surface area contributed by atoms with Crippen LogP contribution in [-0.4, -0.2) is 25.2 Å². The third kappa shape index (κ3) is 2.27. The van der Waals surface area contributed by atoms with Gasteiger partial charge in [0.15, 0.2) is 5.82 Å². The molecule has 17 heavy (non-hydrogen) atoms. The van der Waals surface area contributed by atoms with Crippen LogP contribution in [0.5, 0.6) is 0 Å². The first-order chi connectivity index (χ1) is 8.11. The van der Waals surface area contributed by atoms with Gasteiger partial charge in [0.25, 0.3) is 0 Å². The van der Waals surface area contributed by atoms with Crippen molar-refractivity contribution in [2.24, 2.45) is 0 Å². The van der Waals surface area contributed by atoms with Gasteiger partial charge in [-0.25, -0.2) is 4.68 Å². The summed E-state index contributed by atoms with van der Waals surface area (Å²) in [5, 5.41) is 15.7. The van der Waals surface area contributed by atoms with Crippen molar-refractivity contribution in [3.05, 3.63) is 17.5 Å². The summed E-state index contributed by atoms with van der Waals surface area (Å²) in [5.41, 5.74) is 6.66. The molecule has 2 aromatic rings. The van der Waals surface area contributed by atoms with Crippen LogP contribution in [0.15, 0.2) is 4.42 Å². The number of aromatic nitrogens is 5. The predicted molar refractivity (Wildman–Crippen MR) is 61.3 cm³/mol. The van der Waals surface area contributed by atoms with Gasteiger partial charge in [-0.1, -0.05) is 26.0 Å². The van der Waals surface area contributed by atoms with Crippen LogP contribution >= 0.6 is 0 Å². The molecule has 0 radical (unpaired) electrons. The molecule has 0 aliphatic heterocycles. The van der Waals surface area contributed by atoms with E-state index in [1.807, 2.05) is 20.8 Å². The normalized spacial score (nSPS) is 11.3. The van der Waals surface area contributed by atoms with Crippen LogP contribution < -0.4 is 5.73 Å². The van der Waals surface area contributed by atoms with Crippen molar-refractivity contribution in [1.29, 1.82) is 0 Å². The maximum absolute atomic E-state index is 5.77. The summed E-state index contributed by atoms with van der Waals surface area (Å²) in [5.74, 6) is 1.85.